The van der Waals surface area contributed by atoms with Gasteiger partial charge in [-0.3, -0.25) is 0 Å². The fourth-order valence-electron chi connectivity index (χ4n) is 0.856. The van der Waals surface area contributed by atoms with Gasteiger partial charge in [0.05, 0.1) is 18.8 Å². The number of aliphatic hydroxyl groups is 2. The Labute approximate surface area is 96.1 Å². The molecule has 0 aliphatic carbocycles. The summed E-state index contributed by atoms with van der Waals surface area (Å²) >= 11 is 6.69. The second-order valence-corrected chi connectivity index (χ2v) is 4.42. The van der Waals surface area contributed by atoms with Crippen molar-refractivity contribution in [2.45, 2.75) is 12.5 Å². The van der Waals surface area contributed by atoms with Crippen molar-refractivity contribution in [3.8, 4) is 6.07 Å². The van der Waals surface area contributed by atoms with E-state index in [9.17, 15) is 0 Å². The van der Waals surface area contributed by atoms with Crippen LogP contribution in [0.15, 0.2) is 0 Å². The molecule has 0 radical (unpaired) electrons. The minimum Gasteiger partial charge on any atom is -0.394 e. The number of aromatic nitrogens is 1. The third-order valence-electron chi connectivity index (χ3n) is 1.88. The molecule has 0 aromatic carbocycles. The number of nitrogens with zero attached hydrogens (tertiary/aromatic N) is 2. The largest absolute Gasteiger partial charge is 0.394 e. The van der Waals surface area contributed by atoms with Crippen LogP contribution >= 0.6 is 23.1 Å². The van der Waals surface area contributed by atoms with Gasteiger partial charge in [-0.15, -0.1) is 0 Å². The minimum atomic E-state index is -0.887. The van der Waals surface area contributed by atoms with Gasteiger partial charge in [0.1, 0.15) is 16.6 Å². The standard InChI is InChI=1S/C8H10ClN3O2S/c1-8(3-13,4-14)11-7-5(2-10)6(9)12-15-7/h11,13-14H,3-4H2,1H3. The minimum absolute atomic E-state index is 0.128. The number of hydrogen-bond acceptors (Lipinski definition) is 6. The molecule has 0 saturated carbocycles. The van der Waals surface area contributed by atoms with Crippen LogP contribution in [0.25, 0.3) is 0 Å². The second kappa shape index (κ2) is 4.77. The first-order chi connectivity index (χ1) is 7.06. The quantitative estimate of drug-likeness (QED) is 0.733. The number of rotatable bonds is 4. The third kappa shape index (κ3) is 2.58. The van der Waals surface area contributed by atoms with Gasteiger partial charge in [0.2, 0.25) is 0 Å². The Balaban J connectivity index is 2.95. The molecule has 0 amide bonds. The fraction of sp³-hybridized carbons (Fsp3) is 0.500. The molecule has 0 saturated heterocycles. The maximum atomic E-state index is 9.06. The van der Waals surface area contributed by atoms with E-state index in [0.29, 0.717) is 5.00 Å². The van der Waals surface area contributed by atoms with Crippen LogP contribution < -0.4 is 5.32 Å². The monoisotopic (exact) mass is 247 g/mol. The lowest BCUT2D eigenvalue weighted by atomic mass is 10.1. The number of nitrogens with one attached hydrogen (secondary N) is 1. The molecular weight excluding hydrogens is 238 g/mol. The Bertz CT molecular complexity index is 384. The van der Waals surface area contributed by atoms with E-state index in [4.69, 9.17) is 27.1 Å². The van der Waals surface area contributed by atoms with Gasteiger partial charge in [-0.05, 0) is 18.5 Å². The van der Waals surface area contributed by atoms with Crippen LogP contribution in [-0.4, -0.2) is 33.3 Å². The van der Waals surface area contributed by atoms with Gasteiger partial charge in [0.25, 0.3) is 0 Å². The van der Waals surface area contributed by atoms with Crippen molar-refractivity contribution in [2.24, 2.45) is 0 Å². The molecule has 0 atom stereocenters. The summed E-state index contributed by atoms with van der Waals surface area (Å²) in [6, 6.07) is 1.90. The van der Waals surface area contributed by atoms with Gasteiger partial charge in [-0.2, -0.15) is 9.64 Å². The summed E-state index contributed by atoms with van der Waals surface area (Å²) in [6.45, 7) is 1.11. The van der Waals surface area contributed by atoms with Crippen molar-refractivity contribution >= 4 is 28.1 Å². The van der Waals surface area contributed by atoms with Crippen LogP contribution in [0, 0.1) is 11.3 Å². The molecule has 15 heavy (non-hydrogen) atoms. The SMILES string of the molecule is CC(CO)(CO)Nc1snc(Cl)c1C#N. The third-order valence-corrected chi connectivity index (χ3v) is 3.01. The van der Waals surface area contributed by atoms with Crippen LogP contribution in [0.1, 0.15) is 12.5 Å². The predicted octanol–water partition coefficient (Wildman–Crippen LogP) is 0.823. The van der Waals surface area contributed by atoms with E-state index < -0.39 is 5.54 Å². The zero-order valence-corrected chi connectivity index (χ0v) is 9.56. The topological polar surface area (TPSA) is 89.2 Å². The molecule has 0 fully saturated rings. The van der Waals surface area contributed by atoms with E-state index >= 15 is 0 Å². The summed E-state index contributed by atoms with van der Waals surface area (Å²) in [7, 11) is 0. The highest BCUT2D eigenvalue weighted by Gasteiger charge is 2.25. The highest BCUT2D eigenvalue weighted by Crippen LogP contribution is 2.29. The average molecular weight is 248 g/mol. The summed E-state index contributed by atoms with van der Waals surface area (Å²) in [5, 5.41) is 30.3. The maximum absolute atomic E-state index is 9.06. The normalized spacial score (nSPS) is 11.1. The summed E-state index contributed by atoms with van der Waals surface area (Å²) in [5.74, 6) is 0. The van der Waals surface area contributed by atoms with Crippen LogP contribution in [0.3, 0.4) is 0 Å². The molecule has 0 bridgehead atoms. The second-order valence-electron chi connectivity index (χ2n) is 3.29. The summed E-state index contributed by atoms with van der Waals surface area (Å²) in [5.41, 5.74) is -0.656. The Morgan fingerprint density at radius 3 is 2.67 bits per heavy atom. The van der Waals surface area contributed by atoms with Gasteiger partial charge in [-0.1, -0.05) is 11.6 Å². The molecule has 0 aliphatic rings. The van der Waals surface area contributed by atoms with E-state index in [-0.39, 0.29) is 23.9 Å². The smallest absolute Gasteiger partial charge is 0.162 e. The molecule has 0 aliphatic heterocycles. The van der Waals surface area contributed by atoms with Gasteiger partial charge >= 0.3 is 0 Å². The van der Waals surface area contributed by atoms with Gasteiger partial charge in [-0.25, -0.2) is 0 Å². The predicted molar refractivity (Wildman–Crippen MR) is 58.0 cm³/mol. The van der Waals surface area contributed by atoms with E-state index in [1.54, 1.807) is 6.92 Å². The summed E-state index contributed by atoms with van der Waals surface area (Å²) in [6.07, 6.45) is 0. The van der Waals surface area contributed by atoms with Crippen molar-refractivity contribution in [1.29, 1.82) is 5.26 Å². The first-order valence-electron chi connectivity index (χ1n) is 4.11. The lowest BCUT2D eigenvalue weighted by molar-refractivity contribution is 0.148. The molecule has 1 rings (SSSR count). The molecule has 5 nitrogen and oxygen atoms in total. The summed E-state index contributed by atoms with van der Waals surface area (Å²) < 4.78 is 3.80. The van der Waals surface area contributed by atoms with E-state index in [1.807, 2.05) is 6.07 Å². The first kappa shape index (κ1) is 12.2. The molecule has 0 spiro atoms. The Kier molecular flexibility index (Phi) is 3.88. The Hall–Kier alpha value is -0.870. The Morgan fingerprint density at radius 2 is 2.20 bits per heavy atom. The zero-order chi connectivity index (χ0) is 11.5. The average Bonchev–Trinajstić information content (AvgIpc) is 2.59. The van der Waals surface area contributed by atoms with Crippen LogP contribution in [-0.2, 0) is 0 Å². The molecule has 1 aromatic heterocycles. The van der Waals surface area contributed by atoms with E-state index in [1.165, 1.54) is 0 Å². The number of aliphatic hydroxyl groups excluding tert-OH is 2. The molecule has 0 unspecified atom stereocenters. The lowest BCUT2D eigenvalue weighted by Gasteiger charge is -2.26. The van der Waals surface area contributed by atoms with Crippen LogP contribution in [0.5, 0.6) is 0 Å². The molecule has 1 heterocycles. The van der Waals surface area contributed by atoms with Gasteiger partial charge in [0, 0.05) is 0 Å². The van der Waals surface area contributed by atoms with Crippen LogP contribution in [0.4, 0.5) is 5.00 Å². The fourth-order valence-corrected chi connectivity index (χ4v) is 1.94. The molecule has 3 N–H and O–H groups in total. The number of anilines is 1. The maximum Gasteiger partial charge on any atom is 0.162 e. The van der Waals surface area contributed by atoms with Crippen molar-refractivity contribution in [2.75, 3.05) is 18.5 Å². The van der Waals surface area contributed by atoms with Crippen molar-refractivity contribution in [3.05, 3.63) is 10.7 Å². The molecule has 7 heteroatoms. The van der Waals surface area contributed by atoms with Crippen molar-refractivity contribution in [1.82, 2.24) is 4.37 Å². The van der Waals surface area contributed by atoms with E-state index in [2.05, 4.69) is 9.69 Å². The first-order valence-corrected chi connectivity index (χ1v) is 5.26. The van der Waals surface area contributed by atoms with Gasteiger partial charge < -0.3 is 15.5 Å². The number of hydrogen-bond donors (Lipinski definition) is 3. The lowest BCUT2D eigenvalue weighted by Crippen LogP contribution is -2.42. The number of halogens is 1. The van der Waals surface area contributed by atoms with Gasteiger partial charge in [0.15, 0.2) is 5.15 Å². The number of nitriles is 1. The van der Waals surface area contributed by atoms with Crippen molar-refractivity contribution in [3.63, 3.8) is 0 Å². The van der Waals surface area contributed by atoms with E-state index in [0.717, 1.165) is 11.5 Å². The highest BCUT2D eigenvalue weighted by molar-refractivity contribution is 7.10. The zero-order valence-electron chi connectivity index (χ0n) is 7.99. The summed E-state index contributed by atoms with van der Waals surface area (Å²) in [4.78, 5) is 0. The molecule has 1 aromatic rings. The van der Waals surface area contributed by atoms with Crippen molar-refractivity contribution < 1.29 is 10.2 Å². The highest BCUT2D eigenvalue weighted by atomic mass is 35.5. The van der Waals surface area contributed by atoms with Crippen LogP contribution in [0.2, 0.25) is 5.15 Å². The molecular formula is C8H10ClN3O2S. The molecule has 82 valence electrons. The Morgan fingerprint density at radius 1 is 1.60 bits per heavy atom.